The van der Waals surface area contributed by atoms with Gasteiger partial charge < -0.3 is 10.6 Å². The second kappa shape index (κ2) is 4.99. The van der Waals surface area contributed by atoms with E-state index in [0.717, 1.165) is 18.5 Å². The Labute approximate surface area is 100 Å². The van der Waals surface area contributed by atoms with Crippen molar-refractivity contribution in [1.29, 1.82) is 0 Å². The van der Waals surface area contributed by atoms with Crippen molar-refractivity contribution in [3.8, 4) is 0 Å². The maximum absolute atomic E-state index is 11.4. The second-order valence-corrected chi connectivity index (χ2v) is 4.33. The minimum atomic E-state index is 0.000674. The molecule has 0 heterocycles. The molecule has 2 rings (SSSR count). The molecule has 0 atom stereocenters. The number of amides is 1. The fraction of sp³-hybridized carbons (Fsp3) is 0.385. The Morgan fingerprint density at radius 1 is 1.35 bits per heavy atom. The zero-order valence-electron chi connectivity index (χ0n) is 9.82. The first-order valence-electron chi connectivity index (χ1n) is 5.79. The molecule has 1 amide bonds. The number of anilines is 1. The van der Waals surface area contributed by atoms with Crippen LogP contribution in [0.2, 0.25) is 0 Å². The lowest BCUT2D eigenvalue weighted by Gasteiger charge is -2.07. The maximum Gasteiger partial charge on any atom is 0.239 e. The average molecular weight is 232 g/mol. The third kappa shape index (κ3) is 3.59. The molecule has 1 fully saturated rings. The molecule has 0 bridgehead atoms. The van der Waals surface area contributed by atoms with Gasteiger partial charge in [0.05, 0.1) is 6.54 Å². The minimum absolute atomic E-state index is 0.000674. The number of benzene rings is 1. The molecule has 1 saturated carbocycles. The Bertz CT molecular complexity index is 439. The second-order valence-electron chi connectivity index (χ2n) is 4.33. The van der Waals surface area contributed by atoms with Crippen LogP contribution < -0.4 is 10.6 Å². The minimum Gasteiger partial charge on any atom is -0.376 e. The molecule has 1 aromatic rings. The van der Waals surface area contributed by atoms with Gasteiger partial charge in [0.1, 0.15) is 0 Å². The monoisotopic (exact) mass is 232 g/mol. The molecule has 0 aromatic heterocycles. The van der Waals surface area contributed by atoms with Crippen LogP contribution in [0.25, 0.3) is 0 Å². The molecular weight excluding hydrogens is 216 g/mol. The fourth-order valence-corrected chi connectivity index (χ4v) is 1.54. The standard InChI is InChI=1S/C13H16N2O2/c1-9(16)10-3-2-4-12(7-10)14-8-13(17)15-11-5-6-11/h2-4,7,11,14H,5-6,8H2,1H3,(H,15,17). The van der Waals surface area contributed by atoms with Crippen LogP contribution >= 0.6 is 0 Å². The molecule has 0 aliphatic heterocycles. The number of carbonyl (C=O) groups is 2. The molecule has 0 spiro atoms. The predicted molar refractivity (Wildman–Crippen MR) is 66.1 cm³/mol. The van der Waals surface area contributed by atoms with Gasteiger partial charge in [0.25, 0.3) is 0 Å². The molecule has 2 N–H and O–H groups in total. The van der Waals surface area contributed by atoms with Crippen LogP contribution in [0.5, 0.6) is 0 Å². The smallest absolute Gasteiger partial charge is 0.239 e. The Balaban J connectivity index is 1.87. The normalized spacial score (nSPS) is 14.2. The molecule has 0 saturated heterocycles. The van der Waals surface area contributed by atoms with E-state index in [0.29, 0.717) is 11.6 Å². The summed E-state index contributed by atoms with van der Waals surface area (Å²) in [5.41, 5.74) is 1.45. The highest BCUT2D eigenvalue weighted by atomic mass is 16.2. The quantitative estimate of drug-likeness (QED) is 0.758. The van der Waals surface area contributed by atoms with Crippen molar-refractivity contribution in [1.82, 2.24) is 5.32 Å². The van der Waals surface area contributed by atoms with Gasteiger partial charge in [-0.25, -0.2) is 0 Å². The lowest BCUT2D eigenvalue weighted by Crippen LogP contribution is -2.31. The Morgan fingerprint density at radius 2 is 2.12 bits per heavy atom. The summed E-state index contributed by atoms with van der Waals surface area (Å²) >= 11 is 0. The van der Waals surface area contributed by atoms with Crippen molar-refractivity contribution >= 4 is 17.4 Å². The molecule has 0 unspecified atom stereocenters. The van der Waals surface area contributed by atoms with E-state index < -0.39 is 0 Å². The van der Waals surface area contributed by atoms with Gasteiger partial charge in [0.2, 0.25) is 5.91 Å². The van der Waals surface area contributed by atoms with Crippen molar-refractivity contribution in [2.45, 2.75) is 25.8 Å². The van der Waals surface area contributed by atoms with Crippen LogP contribution in [-0.2, 0) is 4.79 Å². The first-order valence-corrected chi connectivity index (χ1v) is 5.79. The first kappa shape index (κ1) is 11.6. The van der Waals surface area contributed by atoms with E-state index in [4.69, 9.17) is 0 Å². The van der Waals surface area contributed by atoms with Gasteiger partial charge in [-0.1, -0.05) is 12.1 Å². The number of hydrogen-bond donors (Lipinski definition) is 2. The van der Waals surface area contributed by atoms with Crippen LogP contribution in [0.15, 0.2) is 24.3 Å². The van der Waals surface area contributed by atoms with Crippen molar-refractivity contribution in [3.05, 3.63) is 29.8 Å². The SMILES string of the molecule is CC(=O)c1cccc(NCC(=O)NC2CC2)c1. The molecule has 1 aliphatic carbocycles. The molecule has 1 aromatic carbocycles. The van der Waals surface area contributed by atoms with E-state index in [2.05, 4.69) is 10.6 Å². The fourth-order valence-electron chi connectivity index (χ4n) is 1.54. The van der Waals surface area contributed by atoms with Crippen molar-refractivity contribution < 1.29 is 9.59 Å². The summed E-state index contributed by atoms with van der Waals surface area (Å²) in [7, 11) is 0. The lowest BCUT2D eigenvalue weighted by molar-refractivity contribution is -0.119. The molecule has 1 aliphatic rings. The highest BCUT2D eigenvalue weighted by Gasteiger charge is 2.22. The van der Waals surface area contributed by atoms with Gasteiger partial charge in [0.15, 0.2) is 5.78 Å². The third-order valence-electron chi connectivity index (χ3n) is 2.66. The summed E-state index contributed by atoms with van der Waals surface area (Å²) in [4.78, 5) is 22.6. The van der Waals surface area contributed by atoms with E-state index in [-0.39, 0.29) is 18.2 Å². The van der Waals surface area contributed by atoms with E-state index in [1.54, 1.807) is 18.2 Å². The molecule has 4 nitrogen and oxygen atoms in total. The maximum atomic E-state index is 11.4. The highest BCUT2D eigenvalue weighted by molar-refractivity contribution is 5.95. The van der Waals surface area contributed by atoms with Gasteiger partial charge in [-0.2, -0.15) is 0 Å². The van der Waals surface area contributed by atoms with Crippen LogP contribution in [0.4, 0.5) is 5.69 Å². The number of Topliss-reactive ketones (excluding diaryl/α,β-unsaturated/α-hetero) is 1. The van der Waals surface area contributed by atoms with Crippen LogP contribution in [-0.4, -0.2) is 24.3 Å². The van der Waals surface area contributed by atoms with E-state index in [1.807, 2.05) is 6.07 Å². The molecule has 0 radical (unpaired) electrons. The number of ketones is 1. The van der Waals surface area contributed by atoms with Gasteiger partial charge in [-0.3, -0.25) is 9.59 Å². The van der Waals surface area contributed by atoms with Crippen LogP contribution in [0.3, 0.4) is 0 Å². The van der Waals surface area contributed by atoms with Crippen molar-refractivity contribution in [3.63, 3.8) is 0 Å². The van der Waals surface area contributed by atoms with Crippen LogP contribution in [0.1, 0.15) is 30.1 Å². The lowest BCUT2D eigenvalue weighted by atomic mass is 10.1. The zero-order chi connectivity index (χ0) is 12.3. The zero-order valence-corrected chi connectivity index (χ0v) is 9.82. The van der Waals surface area contributed by atoms with E-state index in [9.17, 15) is 9.59 Å². The Kier molecular flexibility index (Phi) is 3.42. The van der Waals surface area contributed by atoms with E-state index in [1.165, 1.54) is 6.92 Å². The number of hydrogen-bond acceptors (Lipinski definition) is 3. The molecular formula is C13H16N2O2. The first-order chi connectivity index (χ1) is 8.15. The predicted octanol–water partition coefficient (Wildman–Crippen LogP) is 1.58. The third-order valence-corrected chi connectivity index (χ3v) is 2.66. The largest absolute Gasteiger partial charge is 0.376 e. The summed E-state index contributed by atoms with van der Waals surface area (Å²) in [6.45, 7) is 1.77. The van der Waals surface area contributed by atoms with Gasteiger partial charge in [-0.05, 0) is 31.9 Å². The summed E-state index contributed by atoms with van der Waals surface area (Å²) in [5.74, 6) is 0.0248. The van der Waals surface area contributed by atoms with Gasteiger partial charge in [-0.15, -0.1) is 0 Å². The van der Waals surface area contributed by atoms with Crippen LogP contribution in [0, 0.1) is 0 Å². The molecule has 90 valence electrons. The number of nitrogens with one attached hydrogen (secondary N) is 2. The Morgan fingerprint density at radius 3 is 2.76 bits per heavy atom. The summed E-state index contributed by atoms with van der Waals surface area (Å²) in [6, 6.07) is 7.55. The van der Waals surface area contributed by atoms with Crippen molar-refractivity contribution in [2.24, 2.45) is 0 Å². The average Bonchev–Trinajstić information content (AvgIpc) is 3.11. The molecule has 17 heavy (non-hydrogen) atoms. The summed E-state index contributed by atoms with van der Waals surface area (Å²) in [6.07, 6.45) is 2.18. The molecule has 4 heteroatoms. The number of rotatable bonds is 5. The summed E-state index contributed by atoms with van der Waals surface area (Å²) in [5, 5.41) is 5.90. The van der Waals surface area contributed by atoms with E-state index >= 15 is 0 Å². The topological polar surface area (TPSA) is 58.2 Å². The highest BCUT2D eigenvalue weighted by Crippen LogP contribution is 2.18. The Hall–Kier alpha value is -1.84. The number of carbonyl (C=O) groups excluding carboxylic acids is 2. The van der Waals surface area contributed by atoms with Crippen molar-refractivity contribution in [2.75, 3.05) is 11.9 Å². The summed E-state index contributed by atoms with van der Waals surface area (Å²) < 4.78 is 0. The van der Waals surface area contributed by atoms with Gasteiger partial charge in [0, 0.05) is 17.3 Å². The van der Waals surface area contributed by atoms with Gasteiger partial charge >= 0.3 is 0 Å².